The third kappa shape index (κ3) is 2.15. The maximum atomic E-state index is 5.51. The Morgan fingerprint density at radius 3 is 2.85 bits per heavy atom. The number of hydrogen-bond donors (Lipinski definition) is 1. The van der Waals surface area contributed by atoms with Crippen LogP contribution in [0.2, 0.25) is 0 Å². The first-order valence-electron chi connectivity index (χ1n) is 4.37. The van der Waals surface area contributed by atoms with Crippen molar-refractivity contribution in [2.24, 2.45) is 5.73 Å². The van der Waals surface area contributed by atoms with Crippen LogP contribution in [-0.4, -0.2) is 29.6 Å². The van der Waals surface area contributed by atoms with E-state index >= 15 is 0 Å². The van der Waals surface area contributed by atoms with E-state index in [0.29, 0.717) is 6.54 Å². The van der Waals surface area contributed by atoms with Crippen LogP contribution in [0.1, 0.15) is 5.69 Å². The van der Waals surface area contributed by atoms with Crippen molar-refractivity contribution in [2.75, 3.05) is 29.5 Å². The van der Waals surface area contributed by atoms with Crippen molar-refractivity contribution in [2.45, 2.75) is 6.54 Å². The molecule has 0 aliphatic carbocycles. The summed E-state index contributed by atoms with van der Waals surface area (Å²) in [4.78, 5) is 6.81. The molecule has 1 aliphatic rings. The average Bonchev–Trinajstić information content (AvgIpc) is 2.67. The fraction of sp³-hybridized carbons (Fsp3) is 0.625. The molecule has 0 unspecified atom stereocenters. The van der Waals surface area contributed by atoms with Crippen LogP contribution >= 0.6 is 23.1 Å². The summed E-state index contributed by atoms with van der Waals surface area (Å²) in [5, 5.41) is 3.19. The van der Waals surface area contributed by atoms with Gasteiger partial charge < -0.3 is 10.6 Å². The summed E-state index contributed by atoms with van der Waals surface area (Å²) in [5.74, 6) is 2.44. The molecule has 1 aliphatic heterocycles. The Balaban J connectivity index is 2.05. The molecule has 1 aromatic rings. The molecule has 1 fully saturated rings. The van der Waals surface area contributed by atoms with Gasteiger partial charge in [-0.3, -0.25) is 0 Å². The van der Waals surface area contributed by atoms with E-state index in [1.165, 1.54) is 11.5 Å². The van der Waals surface area contributed by atoms with Gasteiger partial charge in [0, 0.05) is 36.5 Å². The second-order valence-corrected chi connectivity index (χ2v) is 4.99. The van der Waals surface area contributed by atoms with Gasteiger partial charge in [-0.1, -0.05) is 0 Å². The number of nitrogens with zero attached hydrogens (tertiary/aromatic N) is 2. The van der Waals surface area contributed by atoms with Crippen LogP contribution in [0.5, 0.6) is 0 Å². The van der Waals surface area contributed by atoms with Crippen LogP contribution in [0.4, 0.5) is 5.13 Å². The monoisotopic (exact) mass is 215 g/mol. The maximum Gasteiger partial charge on any atom is 0.185 e. The Morgan fingerprint density at radius 2 is 2.23 bits per heavy atom. The predicted octanol–water partition coefficient (Wildman–Crippen LogP) is 1.16. The highest BCUT2D eigenvalue weighted by atomic mass is 32.2. The van der Waals surface area contributed by atoms with Gasteiger partial charge in [0.1, 0.15) is 0 Å². The van der Waals surface area contributed by atoms with E-state index in [-0.39, 0.29) is 0 Å². The summed E-state index contributed by atoms with van der Waals surface area (Å²) < 4.78 is 0. The standard InChI is InChI=1S/C8H13N3S2/c9-5-7-6-13-8(10-7)11-1-3-12-4-2-11/h6H,1-5,9H2. The quantitative estimate of drug-likeness (QED) is 0.804. The molecule has 0 radical (unpaired) electrons. The Bertz CT molecular complexity index is 268. The van der Waals surface area contributed by atoms with E-state index in [1.807, 2.05) is 11.8 Å². The van der Waals surface area contributed by atoms with Crippen LogP contribution in [0.3, 0.4) is 0 Å². The normalized spacial score (nSPS) is 17.8. The number of rotatable bonds is 2. The zero-order valence-corrected chi connectivity index (χ0v) is 9.03. The molecular formula is C8H13N3S2. The first-order valence-corrected chi connectivity index (χ1v) is 6.41. The van der Waals surface area contributed by atoms with Crippen molar-refractivity contribution < 1.29 is 0 Å². The first-order chi connectivity index (χ1) is 6.40. The highest BCUT2D eigenvalue weighted by Crippen LogP contribution is 2.23. The lowest BCUT2D eigenvalue weighted by Crippen LogP contribution is -2.32. The minimum absolute atomic E-state index is 0.555. The topological polar surface area (TPSA) is 42.1 Å². The molecule has 0 aromatic carbocycles. The molecule has 2 N–H and O–H groups in total. The molecule has 1 saturated heterocycles. The molecule has 0 amide bonds. The van der Waals surface area contributed by atoms with E-state index in [2.05, 4.69) is 15.3 Å². The van der Waals surface area contributed by atoms with E-state index in [1.54, 1.807) is 11.3 Å². The fourth-order valence-corrected chi connectivity index (χ4v) is 3.08. The van der Waals surface area contributed by atoms with E-state index in [9.17, 15) is 0 Å². The van der Waals surface area contributed by atoms with Crippen molar-refractivity contribution in [3.8, 4) is 0 Å². The van der Waals surface area contributed by atoms with Gasteiger partial charge in [0.2, 0.25) is 0 Å². The number of thiazole rings is 1. The van der Waals surface area contributed by atoms with Crippen LogP contribution < -0.4 is 10.6 Å². The third-order valence-electron chi connectivity index (χ3n) is 2.03. The molecule has 3 nitrogen and oxygen atoms in total. The molecule has 1 aromatic heterocycles. The number of hydrogen-bond acceptors (Lipinski definition) is 5. The van der Waals surface area contributed by atoms with Crippen LogP contribution in [-0.2, 0) is 6.54 Å². The summed E-state index contributed by atoms with van der Waals surface area (Å²) in [6.07, 6.45) is 0. The van der Waals surface area contributed by atoms with Crippen molar-refractivity contribution in [3.63, 3.8) is 0 Å². The predicted molar refractivity (Wildman–Crippen MR) is 59.5 cm³/mol. The Labute approximate surface area is 86.3 Å². The molecule has 0 atom stereocenters. The highest BCUT2D eigenvalue weighted by Gasteiger charge is 2.13. The Morgan fingerprint density at radius 1 is 1.46 bits per heavy atom. The lowest BCUT2D eigenvalue weighted by Gasteiger charge is -2.25. The van der Waals surface area contributed by atoms with Crippen LogP contribution in [0.25, 0.3) is 0 Å². The molecule has 72 valence electrons. The molecule has 2 rings (SSSR count). The van der Waals surface area contributed by atoms with Crippen molar-refractivity contribution in [1.29, 1.82) is 0 Å². The van der Waals surface area contributed by atoms with Gasteiger partial charge in [-0.05, 0) is 0 Å². The van der Waals surface area contributed by atoms with E-state index < -0.39 is 0 Å². The molecule has 2 heterocycles. The highest BCUT2D eigenvalue weighted by molar-refractivity contribution is 7.99. The molecule has 0 bridgehead atoms. The van der Waals surface area contributed by atoms with Gasteiger partial charge in [0.25, 0.3) is 0 Å². The van der Waals surface area contributed by atoms with Gasteiger partial charge in [-0.25, -0.2) is 4.98 Å². The smallest absolute Gasteiger partial charge is 0.185 e. The molecule has 0 saturated carbocycles. The average molecular weight is 215 g/mol. The molecule has 13 heavy (non-hydrogen) atoms. The minimum Gasteiger partial charge on any atom is -0.346 e. The molecule has 5 heteroatoms. The first kappa shape index (κ1) is 9.30. The van der Waals surface area contributed by atoms with Gasteiger partial charge in [-0.2, -0.15) is 11.8 Å². The summed E-state index contributed by atoms with van der Waals surface area (Å²) in [7, 11) is 0. The Kier molecular flexibility index (Phi) is 3.08. The molecular weight excluding hydrogens is 202 g/mol. The van der Waals surface area contributed by atoms with Gasteiger partial charge in [-0.15, -0.1) is 11.3 Å². The minimum atomic E-state index is 0.555. The summed E-state index contributed by atoms with van der Waals surface area (Å²) in [6, 6.07) is 0. The van der Waals surface area contributed by atoms with Crippen molar-refractivity contribution in [1.82, 2.24) is 4.98 Å². The lowest BCUT2D eigenvalue weighted by atomic mass is 10.5. The third-order valence-corrected chi connectivity index (χ3v) is 3.92. The summed E-state index contributed by atoms with van der Waals surface area (Å²) >= 11 is 3.72. The number of aromatic nitrogens is 1. The lowest BCUT2D eigenvalue weighted by molar-refractivity contribution is 0.845. The largest absolute Gasteiger partial charge is 0.346 e. The SMILES string of the molecule is NCc1csc(N2CCSCC2)n1. The van der Waals surface area contributed by atoms with Crippen molar-refractivity contribution >= 4 is 28.2 Å². The zero-order valence-electron chi connectivity index (χ0n) is 7.40. The second kappa shape index (κ2) is 4.30. The zero-order chi connectivity index (χ0) is 9.10. The fourth-order valence-electron chi connectivity index (χ4n) is 1.29. The Hall–Kier alpha value is -0.260. The van der Waals surface area contributed by atoms with E-state index in [4.69, 9.17) is 5.73 Å². The van der Waals surface area contributed by atoms with E-state index in [0.717, 1.165) is 23.9 Å². The van der Waals surface area contributed by atoms with Crippen molar-refractivity contribution in [3.05, 3.63) is 11.1 Å². The second-order valence-electron chi connectivity index (χ2n) is 2.92. The number of nitrogens with two attached hydrogens (primary N) is 1. The van der Waals surface area contributed by atoms with Gasteiger partial charge in [0.05, 0.1) is 5.69 Å². The number of anilines is 1. The van der Waals surface area contributed by atoms with Crippen LogP contribution in [0.15, 0.2) is 5.38 Å². The summed E-state index contributed by atoms with van der Waals surface area (Å²) in [6.45, 7) is 2.81. The van der Waals surface area contributed by atoms with Gasteiger partial charge in [0.15, 0.2) is 5.13 Å². The number of thioether (sulfide) groups is 1. The van der Waals surface area contributed by atoms with Crippen LogP contribution in [0, 0.1) is 0 Å². The molecule has 0 spiro atoms. The van der Waals surface area contributed by atoms with Gasteiger partial charge >= 0.3 is 0 Å². The maximum absolute atomic E-state index is 5.51. The summed E-state index contributed by atoms with van der Waals surface area (Å²) in [5.41, 5.74) is 6.53.